The third-order valence-electron chi connectivity index (χ3n) is 8.13. The first-order valence-corrected chi connectivity index (χ1v) is 14.1. The molecule has 0 saturated heterocycles. The first-order valence-electron chi connectivity index (χ1n) is 14.1. The molecule has 0 unspecified atom stereocenters. The molecule has 0 atom stereocenters. The number of hydrogen-bond acceptors (Lipinski definition) is 3. The highest BCUT2D eigenvalue weighted by Crippen LogP contribution is 2.44. The van der Waals surface area contributed by atoms with Gasteiger partial charge in [0.2, 0.25) is 0 Å². The second kappa shape index (κ2) is 11.7. The van der Waals surface area contributed by atoms with Crippen LogP contribution in [-0.4, -0.2) is 20.7 Å². The van der Waals surface area contributed by atoms with E-state index in [0.29, 0.717) is 0 Å². The summed E-state index contributed by atoms with van der Waals surface area (Å²) in [5.74, 6) is 1.19. The van der Waals surface area contributed by atoms with E-state index in [1.807, 2.05) is 42.7 Å². The Hall–Kier alpha value is -4.57. The van der Waals surface area contributed by atoms with Crippen LogP contribution in [0.5, 0.6) is 0 Å². The number of aromatic nitrogens is 3. The van der Waals surface area contributed by atoms with E-state index < -0.39 is 5.41 Å². The molecule has 40 heavy (non-hydrogen) atoms. The molecule has 5 aromatic rings. The number of rotatable bonds is 8. The van der Waals surface area contributed by atoms with Crippen molar-refractivity contribution in [2.75, 3.05) is 0 Å². The fraction of sp³-hybridized carbons (Fsp3) is 0.194. The van der Waals surface area contributed by atoms with Gasteiger partial charge in [-0.2, -0.15) is 0 Å². The van der Waals surface area contributed by atoms with Gasteiger partial charge in [-0.05, 0) is 47.8 Å². The monoisotopic (exact) mass is 523 g/mol. The Morgan fingerprint density at radius 1 is 0.750 bits per heavy atom. The van der Waals surface area contributed by atoms with Crippen molar-refractivity contribution in [1.82, 2.24) is 15.0 Å². The zero-order valence-electron chi connectivity index (χ0n) is 22.5. The van der Waals surface area contributed by atoms with Crippen molar-refractivity contribution < 1.29 is 4.79 Å². The van der Waals surface area contributed by atoms with Crippen LogP contribution in [0.25, 0.3) is 17.3 Å². The summed E-state index contributed by atoms with van der Waals surface area (Å²) in [6.07, 6.45) is 14.7. The summed E-state index contributed by atoms with van der Waals surface area (Å²) in [6.45, 7) is 0. The van der Waals surface area contributed by atoms with E-state index in [1.165, 1.54) is 6.42 Å². The lowest BCUT2D eigenvalue weighted by Gasteiger charge is -2.34. The van der Waals surface area contributed by atoms with Gasteiger partial charge in [0.15, 0.2) is 5.78 Å². The van der Waals surface area contributed by atoms with Gasteiger partial charge in [-0.3, -0.25) is 9.78 Å². The number of H-pyrrole nitrogens is 1. The van der Waals surface area contributed by atoms with Crippen molar-refractivity contribution in [2.24, 2.45) is 5.92 Å². The largest absolute Gasteiger partial charge is 0.341 e. The van der Waals surface area contributed by atoms with Gasteiger partial charge < -0.3 is 4.98 Å². The maximum Gasteiger partial charge on any atom is 0.158 e. The Morgan fingerprint density at radius 3 is 1.90 bits per heavy atom. The van der Waals surface area contributed by atoms with Crippen molar-refractivity contribution in [2.45, 2.75) is 37.5 Å². The molecule has 1 saturated carbocycles. The molecule has 1 fully saturated rings. The van der Waals surface area contributed by atoms with Crippen LogP contribution in [0.3, 0.4) is 0 Å². The van der Waals surface area contributed by atoms with Gasteiger partial charge in [0.05, 0.1) is 11.9 Å². The normalized spacial score (nSPS) is 14.4. The van der Waals surface area contributed by atoms with Crippen LogP contribution in [0.2, 0.25) is 0 Å². The van der Waals surface area contributed by atoms with Gasteiger partial charge in [0.1, 0.15) is 11.2 Å². The number of aromatic amines is 1. The van der Waals surface area contributed by atoms with Gasteiger partial charge in [-0.1, -0.05) is 110 Å². The summed E-state index contributed by atoms with van der Waals surface area (Å²) in [5, 5.41) is 0. The molecule has 0 radical (unpaired) electrons. The Bertz CT molecular complexity index is 1490. The molecule has 2 heterocycles. The molecular weight excluding hydrogens is 490 g/mol. The van der Waals surface area contributed by atoms with Crippen LogP contribution < -0.4 is 0 Å². The molecule has 0 spiro atoms. The van der Waals surface area contributed by atoms with Crippen LogP contribution in [0.1, 0.15) is 60.2 Å². The number of benzene rings is 3. The smallest absolute Gasteiger partial charge is 0.158 e. The van der Waals surface area contributed by atoms with E-state index in [9.17, 15) is 4.79 Å². The summed E-state index contributed by atoms with van der Waals surface area (Å²) >= 11 is 0. The standard InChI is InChI=1S/C36H33N3O/c40-34(27-13-5-1-6-14-27)22-21-28-25-37-24-23-32(28)33-26-38-35(39-33)36(29-15-7-2-8-16-29,30-17-9-3-10-18-30)31-19-11-4-12-20-31/h2-4,7-12,15-27H,1,5-6,13-14H2,(H,38,39). The molecule has 0 amide bonds. The Balaban J connectivity index is 1.46. The van der Waals surface area contributed by atoms with Crippen LogP contribution >= 0.6 is 0 Å². The molecule has 1 aliphatic rings. The molecule has 2 aromatic heterocycles. The topological polar surface area (TPSA) is 58.6 Å². The fourth-order valence-corrected chi connectivity index (χ4v) is 6.10. The summed E-state index contributed by atoms with van der Waals surface area (Å²) in [4.78, 5) is 26.0. The van der Waals surface area contributed by atoms with Gasteiger partial charge in [0.25, 0.3) is 0 Å². The molecule has 3 aromatic carbocycles. The van der Waals surface area contributed by atoms with Crippen LogP contribution in [0.4, 0.5) is 0 Å². The zero-order chi connectivity index (χ0) is 27.2. The average molecular weight is 524 g/mol. The quantitative estimate of drug-likeness (QED) is 0.165. The van der Waals surface area contributed by atoms with Crippen molar-refractivity contribution in [3.05, 3.63) is 150 Å². The molecule has 4 nitrogen and oxygen atoms in total. The third-order valence-corrected chi connectivity index (χ3v) is 8.13. The maximum atomic E-state index is 12.9. The lowest BCUT2D eigenvalue weighted by molar-refractivity contribution is -0.119. The highest BCUT2D eigenvalue weighted by molar-refractivity contribution is 5.96. The van der Waals surface area contributed by atoms with Crippen LogP contribution in [0, 0.1) is 5.92 Å². The summed E-state index contributed by atoms with van der Waals surface area (Å²) < 4.78 is 0. The molecular formula is C36H33N3O. The van der Waals surface area contributed by atoms with Crippen molar-refractivity contribution in [1.29, 1.82) is 0 Å². The molecule has 1 aliphatic carbocycles. The number of carbonyl (C=O) groups is 1. The average Bonchev–Trinajstić information content (AvgIpc) is 3.53. The van der Waals surface area contributed by atoms with Crippen LogP contribution in [0.15, 0.2) is 122 Å². The van der Waals surface area contributed by atoms with Crippen molar-refractivity contribution >= 4 is 11.9 Å². The Morgan fingerprint density at radius 2 is 1.32 bits per heavy atom. The fourth-order valence-electron chi connectivity index (χ4n) is 6.10. The number of hydrogen-bond donors (Lipinski definition) is 1. The number of ketones is 1. The molecule has 6 rings (SSSR count). The number of allylic oxidation sites excluding steroid dienone is 1. The number of nitrogens with one attached hydrogen (secondary N) is 1. The maximum absolute atomic E-state index is 12.9. The second-order valence-corrected chi connectivity index (χ2v) is 10.5. The second-order valence-electron chi connectivity index (χ2n) is 10.5. The molecule has 198 valence electrons. The first-order chi connectivity index (χ1) is 19.8. The number of pyridine rings is 1. The Kier molecular flexibility index (Phi) is 7.49. The van der Waals surface area contributed by atoms with Crippen molar-refractivity contribution in [3.8, 4) is 11.3 Å². The van der Waals surface area contributed by atoms with Crippen molar-refractivity contribution in [3.63, 3.8) is 0 Å². The minimum atomic E-state index is -0.651. The highest BCUT2D eigenvalue weighted by Gasteiger charge is 2.41. The van der Waals surface area contributed by atoms with E-state index >= 15 is 0 Å². The van der Waals surface area contributed by atoms with E-state index in [1.54, 1.807) is 12.3 Å². The molecule has 0 aliphatic heterocycles. The molecule has 0 bridgehead atoms. The van der Waals surface area contributed by atoms with E-state index in [-0.39, 0.29) is 11.7 Å². The first kappa shape index (κ1) is 25.7. The van der Waals surface area contributed by atoms with Gasteiger partial charge in [-0.25, -0.2) is 4.98 Å². The summed E-state index contributed by atoms with van der Waals surface area (Å²) in [6, 6.07) is 33.6. The van der Waals surface area contributed by atoms with E-state index in [4.69, 9.17) is 4.98 Å². The van der Waals surface area contributed by atoms with Gasteiger partial charge in [-0.15, -0.1) is 0 Å². The predicted octanol–water partition coefficient (Wildman–Crippen LogP) is 8.02. The number of nitrogens with zero attached hydrogens (tertiary/aromatic N) is 2. The minimum Gasteiger partial charge on any atom is -0.341 e. The Labute approximate surface area is 235 Å². The molecule has 4 heteroatoms. The van der Waals surface area contributed by atoms with Crippen LogP contribution in [-0.2, 0) is 10.2 Å². The van der Waals surface area contributed by atoms with E-state index in [2.05, 4.69) is 82.8 Å². The number of carbonyl (C=O) groups excluding carboxylic acids is 1. The highest BCUT2D eigenvalue weighted by atomic mass is 16.1. The summed E-state index contributed by atoms with van der Waals surface area (Å²) in [7, 11) is 0. The lowest BCUT2D eigenvalue weighted by atomic mass is 9.69. The lowest BCUT2D eigenvalue weighted by Crippen LogP contribution is -2.32. The third kappa shape index (κ3) is 4.93. The predicted molar refractivity (Wildman–Crippen MR) is 161 cm³/mol. The summed E-state index contributed by atoms with van der Waals surface area (Å²) in [5.41, 5.74) is 5.47. The van der Waals surface area contributed by atoms with Gasteiger partial charge >= 0.3 is 0 Å². The minimum absolute atomic E-state index is 0.145. The van der Waals surface area contributed by atoms with Gasteiger partial charge in [0, 0.05) is 29.4 Å². The SMILES string of the molecule is O=C(C=Cc1cnccc1-c1cnc(C(c2ccccc2)(c2ccccc2)c2ccccc2)[nH]1)C1CCCCC1. The van der Waals surface area contributed by atoms with E-state index in [0.717, 1.165) is 65.0 Å². The number of imidazole rings is 1. The zero-order valence-corrected chi connectivity index (χ0v) is 22.5. The molecule has 1 N–H and O–H groups in total.